The summed E-state index contributed by atoms with van der Waals surface area (Å²) in [6, 6.07) is 71.0. The third-order valence-corrected chi connectivity index (χ3v) is 12.2. The van der Waals surface area contributed by atoms with Crippen molar-refractivity contribution >= 4 is 10.8 Å². The van der Waals surface area contributed by atoms with Crippen molar-refractivity contribution in [2.45, 2.75) is 5.41 Å². The van der Waals surface area contributed by atoms with Crippen LogP contribution in [0.3, 0.4) is 0 Å². The summed E-state index contributed by atoms with van der Waals surface area (Å²) in [5, 5.41) is 2.13. The van der Waals surface area contributed by atoms with E-state index in [-0.39, 0.29) is 0 Å². The van der Waals surface area contributed by atoms with Crippen molar-refractivity contribution in [3.05, 3.63) is 229 Å². The molecule has 0 atom stereocenters. The average molecular weight is 751 g/mol. The minimum Gasteiger partial charge on any atom is -0.255 e. The zero-order valence-electron chi connectivity index (χ0n) is 31.9. The van der Waals surface area contributed by atoms with E-state index in [1.807, 2.05) is 18.3 Å². The van der Waals surface area contributed by atoms with Crippen molar-refractivity contribution in [1.29, 1.82) is 0 Å². The number of pyridine rings is 1. The lowest BCUT2D eigenvalue weighted by Gasteiger charge is -2.31. The molecule has 0 bridgehead atoms. The molecule has 0 saturated carbocycles. The molecule has 0 N–H and O–H groups in total. The first-order valence-corrected chi connectivity index (χ1v) is 20.1. The third-order valence-electron chi connectivity index (χ3n) is 12.2. The van der Waals surface area contributed by atoms with Crippen molar-refractivity contribution in [2.75, 3.05) is 0 Å². The minimum atomic E-state index is -0.532. The van der Waals surface area contributed by atoms with E-state index in [0.29, 0.717) is 17.5 Å². The largest absolute Gasteiger partial charge is 0.255 e. The number of fused-ring (bicyclic) bond motifs is 12. The standard InChI is InChI=1S/C55H34N4/c1-3-16-35(17-4-1)37-20-13-22-39(32-37)52-57-53(40-23-14-21-38(33-40)36-18-5-2-6-19-36)59-54(58-52)44-28-15-27-43-46(44)34-56-51-45-26-9-12-31-49(45)55(50(43)51)47-29-10-7-24-41(47)42-25-8-11-30-48(42)55/h1-34H. The molecule has 1 spiro atoms. The van der Waals surface area contributed by atoms with Crippen LogP contribution >= 0.6 is 0 Å². The summed E-state index contributed by atoms with van der Waals surface area (Å²) in [4.78, 5) is 21.2. The Morgan fingerprint density at radius 2 is 0.729 bits per heavy atom. The van der Waals surface area contributed by atoms with Crippen LogP contribution in [-0.4, -0.2) is 19.9 Å². The summed E-state index contributed by atoms with van der Waals surface area (Å²) in [6.45, 7) is 0. The molecule has 0 unspecified atom stereocenters. The fourth-order valence-corrected chi connectivity index (χ4v) is 9.66. The predicted octanol–water partition coefficient (Wildman–Crippen LogP) is 13.1. The second-order valence-electron chi connectivity index (χ2n) is 15.3. The van der Waals surface area contributed by atoms with Gasteiger partial charge in [0.2, 0.25) is 0 Å². The van der Waals surface area contributed by atoms with Gasteiger partial charge in [0.25, 0.3) is 0 Å². The van der Waals surface area contributed by atoms with Gasteiger partial charge in [0.1, 0.15) is 0 Å². The van der Waals surface area contributed by atoms with Gasteiger partial charge in [0.05, 0.1) is 11.1 Å². The molecule has 2 heterocycles. The van der Waals surface area contributed by atoms with Crippen LogP contribution in [0.25, 0.3) is 89.6 Å². The highest BCUT2D eigenvalue weighted by molar-refractivity contribution is 6.06. The van der Waals surface area contributed by atoms with Gasteiger partial charge in [0.15, 0.2) is 17.5 Å². The summed E-state index contributed by atoms with van der Waals surface area (Å²) in [5.41, 5.74) is 16.4. The number of hydrogen-bond acceptors (Lipinski definition) is 4. The van der Waals surface area contributed by atoms with E-state index >= 15 is 0 Å². The van der Waals surface area contributed by atoms with Gasteiger partial charge in [-0.05, 0) is 67.6 Å². The van der Waals surface area contributed by atoms with E-state index in [9.17, 15) is 0 Å². The summed E-state index contributed by atoms with van der Waals surface area (Å²) in [6.07, 6.45) is 2.03. The first-order chi connectivity index (χ1) is 29.3. The van der Waals surface area contributed by atoms with Crippen LogP contribution in [0.15, 0.2) is 206 Å². The monoisotopic (exact) mass is 750 g/mol. The van der Waals surface area contributed by atoms with Gasteiger partial charge in [0, 0.05) is 39.4 Å². The maximum atomic E-state index is 5.36. The normalized spacial score (nSPS) is 12.9. The van der Waals surface area contributed by atoms with Gasteiger partial charge >= 0.3 is 0 Å². The maximum Gasteiger partial charge on any atom is 0.164 e. The predicted molar refractivity (Wildman–Crippen MR) is 239 cm³/mol. The smallest absolute Gasteiger partial charge is 0.164 e. The quantitative estimate of drug-likeness (QED) is 0.176. The van der Waals surface area contributed by atoms with Crippen LogP contribution in [0.5, 0.6) is 0 Å². The van der Waals surface area contributed by atoms with Crippen molar-refractivity contribution in [3.8, 4) is 78.8 Å². The Morgan fingerprint density at radius 3 is 1.31 bits per heavy atom. The molecular formula is C55H34N4. The van der Waals surface area contributed by atoms with Gasteiger partial charge in [-0.3, -0.25) is 4.98 Å². The Kier molecular flexibility index (Phi) is 7.41. The Hall–Kier alpha value is -7.82. The van der Waals surface area contributed by atoms with Crippen LogP contribution in [0, 0.1) is 0 Å². The summed E-state index contributed by atoms with van der Waals surface area (Å²) < 4.78 is 0. The van der Waals surface area contributed by atoms with E-state index in [2.05, 4.69) is 188 Å². The van der Waals surface area contributed by atoms with Gasteiger partial charge in [-0.25, -0.2) is 15.0 Å². The second-order valence-corrected chi connectivity index (χ2v) is 15.3. The molecule has 12 rings (SSSR count). The Balaban J connectivity index is 1.11. The Morgan fingerprint density at radius 1 is 0.305 bits per heavy atom. The van der Waals surface area contributed by atoms with Crippen molar-refractivity contribution in [1.82, 2.24) is 19.9 Å². The third kappa shape index (κ3) is 5.03. The summed E-state index contributed by atoms with van der Waals surface area (Å²) in [7, 11) is 0. The van der Waals surface area contributed by atoms with E-state index in [4.69, 9.17) is 19.9 Å². The fraction of sp³-hybridized carbons (Fsp3) is 0.0182. The van der Waals surface area contributed by atoms with Crippen molar-refractivity contribution in [2.24, 2.45) is 0 Å². The molecule has 2 aromatic heterocycles. The lowest BCUT2D eigenvalue weighted by molar-refractivity contribution is 0.799. The molecule has 0 saturated heterocycles. The molecule has 2 aliphatic carbocycles. The molecule has 0 fully saturated rings. The lowest BCUT2D eigenvalue weighted by Crippen LogP contribution is -2.26. The van der Waals surface area contributed by atoms with Crippen LogP contribution in [0.1, 0.15) is 22.3 Å². The molecule has 2 aliphatic rings. The highest BCUT2D eigenvalue weighted by Crippen LogP contribution is 2.63. The lowest BCUT2D eigenvalue weighted by atomic mass is 9.69. The van der Waals surface area contributed by atoms with Crippen LogP contribution in [0.2, 0.25) is 0 Å². The molecule has 10 aromatic rings. The van der Waals surface area contributed by atoms with Crippen molar-refractivity contribution in [3.63, 3.8) is 0 Å². The number of aromatic nitrogens is 4. The fourth-order valence-electron chi connectivity index (χ4n) is 9.66. The number of nitrogens with zero attached hydrogens (tertiary/aromatic N) is 4. The summed E-state index contributed by atoms with van der Waals surface area (Å²) in [5.74, 6) is 1.83. The molecule has 0 aliphatic heterocycles. The number of benzene rings is 8. The molecule has 59 heavy (non-hydrogen) atoms. The first kappa shape index (κ1) is 33.3. The Bertz CT molecular complexity index is 3120. The van der Waals surface area contributed by atoms with Crippen LogP contribution < -0.4 is 0 Å². The van der Waals surface area contributed by atoms with Gasteiger partial charge in [-0.1, -0.05) is 188 Å². The van der Waals surface area contributed by atoms with E-state index < -0.39 is 5.41 Å². The first-order valence-electron chi connectivity index (χ1n) is 20.1. The van der Waals surface area contributed by atoms with Crippen molar-refractivity contribution < 1.29 is 0 Å². The molecule has 274 valence electrons. The molecule has 0 radical (unpaired) electrons. The van der Waals surface area contributed by atoms with Gasteiger partial charge in [-0.2, -0.15) is 0 Å². The minimum absolute atomic E-state index is 0.532. The molecular weight excluding hydrogens is 717 g/mol. The SMILES string of the molecule is c1ccc(-c2cccc(-c3nc(-c4cccc(-c5ccccc5)c4)nc(-c4cccc5c6c(ncc45)-c4ccccc4C64c5ccccc5-c5ccccc54)n3)c2)cc1. The second kappa shape index (κ2) is 13.1. The molecule has 8 aromatic carbocycles. The van der Waals surface area contributed by atoms with Gasteiger partial charge in [-0.15, -0.1) is 0 Å². The van der Waals surface area contributed by atoms with E-state index in [1.165, 1.54) is 38.9 Å². The molecule has 4 nitrogen and oxygen atoms in total. The van der Waals surface area contributed by atoms with Crippen LogP contribution in [0.4, 0.5) is 0 Å². The highest BCUT2D eigenvalue weighted by Gasteiger charge is 2.53. The number of rotatable bonds is 5. The maximum absolute atomic E-state index is 5.36. The van der Waals surface area contributed by atoms with Crippen LogP contribution in [-0.2, 0) is 5.41 Å². The summed E-state index contributed by atoms with van der Waals surface area (Å²) >= 11 is 0. The topological polar surface area (TPSA) is 51.6 Å². The molecule has 0 amide bonds. The zero-order valence-corrected chi connectivity index (χ0v) is 31.9. The average Bonchev–Trinajstić information content (AvgIpc) is 3.79. The highest BCUT2D eigenvalue weighted by atomic mass is 15.0. The Labute approximate surface area is 342 Å². The van der Waals surface area contributed by atoms with Gasteiger partial charge < -0.3 is 0 Å². The molecule has 4 heteroatoms. The van der Waals surface area contributed by atoms with E-state index in [0.717, 1.165) is 55.4 Å². The number of hydrogen-bond donors (Lipinski definition) is 0. The zero-order chi connectivity index (χ0) is 38.9. The van der Waals surface area contributed by atoms with E-state index in [1.54, 1.807) is 0 Å².